The second-order valence-corrected chi connectivity index (χ2v) is 6.28. The number of hydrogen-bond donors (Lipinski definition) is 1. The molecule has 1 aromatic rings. The Morgan fingerprint density at radius 3 is 2.24 bits per heavy atom. The first-order valence-electron chi connectivity index (χ1n) is 8.13. The Balaban J connectivity index is 1.84. The van der Waals surface area contributed by atoms with Gasteiger partial charge in [0, 0.05) is 39.0 Å². The Morgan fingerprint density at radius 1 is 1.04 bits per heavy atom. The van der Waals surface area contributed by atoms with Crippen molar-refractivity contribution >= 4 is 29.4 Å². The van der Waals surface area contributed by atoms with E-state index >= 15 is 0 Å². The summed E-state index contributed by atoms with van der Waals surface area (Å²) < 4.78 is 13.9. The van der Waals surface area contributed by atoms with Crippen molar-refractivity contribution in [2.75, 3.05) is 26.2 Å². The number of carbonyl (C=O) groups excluding carboxylic acids is 2. The molecule has 0 spiro atoms. The average Bonchev–Trinajstić information content (AvgIpc) is 2.58. The molecule has 1 aliphatic rings. The highest BCUT2D eigenvalue weighted by Gasteiger charge is 2.27. The van der Waals surface area contributed by atoms with Crippen molar-refractivity contribution in [3.63, 3.8) is 0 Å². The molecule has 0 saturated carbocycles. The third-order valence-electron chi connectivity index (χ3n) is 4.13. The standard InChI is InChI=1S/C17H20ClFN2O4/c18-12-4-3-5-13(19)16(12)17(25)21-10-8-20(9-11-21)14(22)6-1-2-7-15(23)24/h3-5H,1-2,6-11H2,(H,23,24). The maximum Gasteiger partial charge on any atom is 0.303 e. The molecule has 2 amide bonds. The van der Waals surface area contributed by atoms with Gasteiger partial charge in [-0.2, -0.15) is 0 Å². The Hall–Kier alpha value is -2.15. The van der Waals surface area contributed by atoms with Crippen molar-refractivity contribution < 1.29 is 23.9 Å². The van der Waals surface area contributed by atoms with Crippen LogP contribution < -0.4 is 0 Å². The molecule has 2 rings (SSSR count). The molecular formula is C17H20ClFN2O4. The molecule has 1 aromatic carbocycles. The number of hydrogen-bond acceptors (Lipinski definition) is 3. The van der Waals surface area contributed by atoms with E-state index < -0.39 is 17.7 Å². The Kier molecular flexibility index (Phi) is 6.75. The molecule has 0 aliphatic carbocycles. The first-order chi connectivity index (χ1) is 11.9. The SMILES string of the molecule is O=C(O)CCCCC(=O)N1CCN(C(=O)c2c(F)cccc2Cl)CC1. The van der Waals surface area contributed by atoms with E-state index in [-0.39, 0.29) is 22.9 Å². The van der Waals surface area contributed by atoms with Gasteiger partial charge in [0.1, 0.15) is 5.82 Å². The lowest BCUT2D eigenvalue weighted by atomic mass is 10.1. The number of aliphatic carboxylic acids is 1. The highest BCUT2D eigenvalue weighted by atomic mass is 35.5. The van der Waals surface area contributed by atoms with Crippen molar-refractivity contribution in [2.24, 2.45) is 0 Å². The molecule has 0 bridgehead atoms. The minimum atomic E-state index is -0.869. The van der Waals surface area contributed by atoms with Gasteiger partial charge in [0.05, 0.1) is 10.6 Å². The van der Waals surface area contributed by atoms with Gasteiger partial charge < -0.3 is 14.9 Å². The predicted octanol–water partition coefficient (Wildman–Crippen LogP) is 2.41. The minimum absolute atomic E-state index is 0.0542. The molecule has 1 aliphatic heterocycles. The van der Waals surface area contributed by atoms with Crippen LogP contribution in [0.25, 0.3) is 0 Å². The number of carboxylic acid groups (broad SMARTS) is 1. The molecule has 0 radical (unpaired) electrons. The van der Waals surface area contributed by atoms with E-state index in [0.717, 1.165) is 0 Å². The molecular weight excluding hydrogens is 351 g/mol. The summed E-state index contributed by atoms with van der Waals surface area (Å²) in [6, 6.07) is 4.10. The van der Waals surface area contributed by atoms with Crippen LogP contribution >= 0.6 is 11.6 Å². The fraction of sp³-hybridized carbons (Fsp3) is 0.471. The number of nitrogens with zero attached hydrogens (tertiary/aromatic N) is 2. The lowest BCUT2D eigenvalue weighted by molar-refractivity contribution is -0.137. The van der Waals surface area contributed by atoms with Crippen LogP contribution in [0.4, 0.5) is 4.39 Å². The lowest BCUT2D eigenvalue weighted by Gasteiger charge is -2.35. The van der Waals surface area contributed by atoms with E-state index in [1.54, 1.807) is 4.90 Å². The van der Waals surface area contributed by atoms with E-state index in [0.29, 0.717) is 45.4 Å². The van der Waals surface area contributed by atoms with Crippen molar-refractivity contribution in [2.45, 2.75) is 25.7 Å². The fourth-order valence-electron chi connectivity index (χ4n) is 2.73. The largest absolute Gasteiger partial charge is 0.481 e. The van der Waals surface area contributed by atoms with Crippen LogP contribution in [0, 0.1) is 5.82 Å². The topological polar surface area (TPSA) is 77.9 Å². The van der Waals surface area contributed by atoms with Gasteiger partial charge >= 0.3 is 5.97 Å². The third kappa shape index (κ3) is 5.16. The molecule has 0 atom stereocenters. The summed E-state index contributed by atoms with van der Waals surface area (Å²) in [6.45, 7) is 1.36. The van der Waals surface area contributed by atoms with Crippen molar-refractivity contribution in [1.29, 1.82) is 0 Å². The van der Waals surface area contributed by atoms with Gasteiger partial charge in [-0.25, -0.2) is 4.39 Å². The van der Waals surface area contributed by atoms with Gasteiger partial charge in [-0.05, 0) is 25.0 Å². The highest BCUT2D eigenvalue weighted by Crippen LogP contribution is 2.21. The van der Waals surface area contributed by atoms with E-state index in [1.807, 2.05) is 0 Å². The Labute approximate surface area is 150 Å². The number of halogens is 2. The molecule has 25 heavy (non-hydrogen) atoms. The second-order valence-electron chi connectivity index (χ2n) is 5.87. The van der Waals surface area contributed by atoms with E-state index in [9.17, 15) is 18.8 Å². The first kappa shape index (κ1) is 19.2. The molecule has 136 valence electrons. The van der Waals surface area contributed by atoms with Crippen molar-refractivity contribution in [3.8, 4) is 0 Å². The predicted molar refractivity (Wildman–Crippen MR) is 90.0 cm³/mol. The van der Waals surface area contributed by atoms with Gasteiger partial charge in [0.2, 0.25) is 5.91 Å². The summed E-state index contributed by atoms with van der Waals surface area (Å²) in [5, 5.41) is 8.64. The average molecular weight is 371 g/mol. The van der Waals surface area contributed by atoms with Gasteiger partial charge in [0.25, 0.3) is 5.91 Å². The number of rotatable bonds is 6. The lowest BCUT2D eigenvalue weighted by Crippen LogP contribution is -2.50. The second kappa shape index (κ2) is 8.80. The molecule has 0 unspecified atom stereocenters. The monoisotopic (exact) mass is 370 g/mol. The molecule has 1 saturated heterocycles. The Morgan fingerprint density at radius 2 is 1.64 bits per heavy atom. The Bertz CT molecular complexity index is 640. The van der Waals surface area contributed by atoms with Crippen LogP contribution in [-0.4, -0.2) is 58.9 Å². The fourth-order valence-corrected chi connectivity index (χ4v) is 2.97. The van der Waals surface area contributed by atoms with Crippen LogP contribution in [0.5, 0.6) is 0 Å². The number of carbonyl (C=O) groups is 3. The first-order valence-corrected chi connectivity index (χ1v) is 8.51. The van der Waals surface area contributed by atoms with Crippen LogP contribution in [0.15, 0.2) is 18.2 Å². The normalized spacial score (nSPS) is 14.5. The van der Waals surface area contributed by atoms with E-state index in [1.165, 1.54) is 23.1 Å². The number of amides is 2. The summed E-state index contributed by atoms with van der Waals surface area (Å²) in [5.41, 5.74) is -0.141. The smallest absolute Gasteiger partial charge is 0.303 e. The quantitative estimate of drug-likeness (QED) is 0.780. The zero-order valence-electron chi connectivity index (χ0n) is 13.7. The minimum Gasteiger partial charge on any atom is -0.481 e. The third-order valence-corrected chi connectivity index (χ3v) is 4.44. The summed E-state index contributed by atoms with van der Waals surface area (Å²) in [7, 11) is 0. The molecule has 1 fully saturated rings. The van der Waals surface area contributed by atoms with Gasteiger partial charge in [-0.1, -0.05) is 17.7 Å². The van der Waals surface area contributed by atoms with Crippen LogP contribution in [0.3, 0.4) is 0 Å². The highest BCUT2D eigenvalue weighted by molar-refractivity contribution is 6.33. The van der Waals surface area contributed by atoms with E-state index in [2.05, 4.69) is 0 Å². The molecule has 6 nitrogen and oxygen atoms in total. The van der Waals surface area contributed by atoms with Gasteiger partial charge in [-0.3, -0.25) is 14.4 Å². The molecule has 1 N–H and O–H groups in total. The van der Waals surface area contributed by atoms with Crippen LogP contribution in [0.2, 0.25) is 5.02 Å². The summed E-state index contributed by atoms with van der Waals surface area (Å²) >= 11 is 5.92. The number of unbranched alkanes of at least 4 members (excludes halogenated alkanes) is 1. The number of piperazine rings is 1. The molecule has 0 aromatic heterocycles. The molecule has 1 heterocycles. The van der Waals surface area contributed by atoms with Crippen molar-refractivity contribution in [1.82, 2.24) is 9.80 Å². The zero-order chi connectivity index (χ0) is 18.4. The zero-order valence-corrected chi connectivity index (χ0v) is 14.5. The summed E-state index contributed by atoms with van der Waals surface area (Å²) in [6.07, 6.45) is 1.33. The van der Waals surface area contributed by atoms with Gasteiger partial charge in [-0.15, -0.1) is 0 Å². The van der Waals surface area contributed by atoms with Gasteiger partial charge in [0.15, 0.2) is 0 Å². The van der Waals surface area contributed by atoms with Crippen LogP contribution in [0.1, 0.15) is 36.0 Å². The number of benzene rings is 1. The summed E-state index contributed by atoms with van der Waals surface area (Å²) in [4.78, 5) is 38.1. The van der Waals surface area contributed by atoms with Crippen LogP contribution in [-0.2, 0) is 9.59 Å². The maximum atomic E-state index is 13.9. The van der Waals surface area contributed by atoms with Crippen molar-refractivity contribution in [3.05, 3.63) is 34.6 Å². The summed E-state index contributed by atoms with van der Waals surface area (Å²) in [5.74, 6) is -2.06. The number of carboxylic acids is 1. The molecule has 8 heteroatoms. The maximum absolute atomic E-state index is 13.9. The van der Waals surface area contributed by atoms with E-state index in [4.69, 9.17) is 16.7 Å².